The van der Waals surface area contributed by atoms with Gasteiger partial charge < -0.3 is 10.1 Å². The molecular formula is C17H17N3O2S. The molecule has 1 saturated heterocycles. The Bertz CT molecular complexity index is 692. The van der Waals surface area contributed by atoms with Gasteiger partial charge in [0.05, 0.1) is 11.6 Å². The van der Waals surface area contributed by atoms with E-state index < -0.39 is 0 Å². The largest absolute Gasteiger partial charge is 0.492 e. The van der Waals surface area contributed by atoms with E-state index in [1.54, 1.807) is 35.6 Å². The Labute approximate surface area is 139 Å². The van der Waals surface area contributed by atoms with Gasteiger partial charge in [-0.1, -0.05) is 6.07 Å². The van der Waals surface area contributed by atoms with E-state index in [1.807, 2.05) is 17.5 Å². The van der Waals surface area contributed by atoms with Gasteiger partial charge in [0.15, 0.2) is 0 Å². The smallest absolute Gasteiger partial charge is 0.242 e. The molecule has 1 aliphatic rings. The van der Waals surface area contributed by atoms with Crippen LogP contribution in [0.5, 0.6) is 5.75 Å². The van der Waals surface area contributed by atoms with Crippen LogP contribution in [0.2, 0.25) is 0 Å². The number of hydrogen-bond acceptors (Lipinski definition) is 5. The first-order valence-corrected chi connectivity index (χ1v) is 8.34. The molecule has 1 N–H and O–H groups in total. The van der Waals surface area contributed by atoms with Gasteiger partial charge in [0.25, 0.3) is 0 Å². The number of benzene rings is 1. The number of rotatable bonds is 5. The highest BCUT2D eigenvalue weighted by Gasteiger charge is 2.31. The highest BCUT2D eigenvalue weighted by molar-refractivity contribution is 7.10. The fourth-order valence-electron chi connectivity index (χ4n) is 2.62. The van der Waals surface area contributed by atoms with Crippen molar-refractivity contribution < 1.29 is 9.53 Å². The summed E-state index contributed by atoms with van der Waals surface area (Å²) < 4.78 is 5.73. The van der Waals surface area contributed by atoms with Crippen LogP contribution < -0.4 is 10.1 Å². The van der Waals surface area contributed by atoms with Gasteiger partial charge in [0.1, 0.15) is 18.4 Å². The number of nitrogens with zero attached hydrogens (tertiary/aromatic N) is 2. The standard InChI is InChI=1S/C17H17N3O2S/c18-12-13-3-5-14(6-4-13)22-10-9-20-8-7-19-17(21)16(20)15-2-1-11-23-15/h1-6,11,16H,7-10H2,(H,19,21)/t16-/m0/s1. The lowest BCUT2D eigenvalue weighted by atomic mass is 10.1. The zero-order chi connectivity index (χ0) is 16.1. The average Bonchev–Trinajstić information content (AvgIpc) is 3.10. The van der Waals surface area contributed by atoms with E-state index in [1.165, 1.54) is 0 Å². The van der Waals surface area contributed by atoms with Crippen LogP contribution in [0.4, 0.5) is 0 Å². The Kier molecular flexibility index (Phi) is 4.91. The first kappa shape index (κ1) is 15.5. The minimum Gasteiger partial charge on any atom is -0.492 e. The van der Waals surface area contributed by atoms with Crippen LogP contribution in [-0.2, 0) is 4.79 Å². The quantitative estimate of drug-likeness (QED) is 0.914. The molecule has 1 aliphatic heterocycles. The summed E-state index contributed by atoms with van der Waals surface area (Å²) in [5, 5.41) is 13.7. The van der Waals surface area contributed by atoms with Crippen LogP contribution >= 0.6 is 11.3 Å². The lowest BCUT2D eigenvalue weighted by Gasteiger charge is -2.34. The van der Waals surface area contributed by atoms with E-state index >= 15 is 0 Å². The van der Waals surface area contributed by atoms with Crippen molar-refractivity contribution in [2.24, 2.45) is 0 Å². The summed E-state index contributed by atoms with van der Waals surface area (Å²) in [6.45, 7) is 2.65. The Morgan fingerprint density at radius 2 is 2.17 bits per heavy atom. The highest BCUT2D eigenvalue weighted by Crippen LogP contribution is 2.26. The molecule has 1 amide bonds. The minimum atomic E-state index is -0.228. The van der Waals surface area contributed by atoms with Crippen molar-refractivity contribution in [2.45, 2.75) is 6.04 Å². The second-order valence-corrected chi connectivity index (χ2v) is 6.21. The van der Waals surface area contributed by atoms with Crippen molar-refractivity contribution in [3.8, 4) is 11.8 Å². The third-order valence-electron chi connectivity index (χ3n) is 3.76. The maximum Gasteiger partial charge on any atom is 0.242 e. The molecule has 6 heteroatoms. The normalized spacial score (nSPS) is 18.2. The van der Waals surface area contributed by atoms with Gasteiger partial charge in [0.2, 0.25) is 5.91 Å². The summed E-state index contributed by atoms with van der Waals surface area (Å²) in [5.74, 6) is 0.787. The molecule has 1 fully saturated rings. The van der Waals surface area contributed by atoms with Crippen LogP contribution in [0.3, 0.4) is 0 Å². The van der Waals surface area contributed by atoms with Gasteiger partial charge in [-0.3, -0.25) is 9.69 Å². The summed E-state index contributed by atoms with van der Waals surface area (Å²) in [4.78, 5) is 15.4. The number of piperazine rings is 1. The molecule has 0 saturated carbocycles. The van der Waals surface area contributed by atoms with E-state index in [-0.39, 0.29) is 11.9 Å². The number of ether oxygens (including phenoxy) is 1. The Balaban J connectivity index is 1.59. The summed E-state index contributed by atoms with van der Waals surface area (Å²) in [6, 6.07) is 12.9. The van der Waals surface area contributed by atoms with Crippen LogP contribution in [0.1, 0.15) is 16.5 Å². The molecule has 1 atom stereocenters. The summed E-state index contributed by atoms with van der Waals surface area (Å²) in [5.41, 5.74) is 0.614. The summed E-state index contributed by atoms with van der Waals surface area (Å²) in [6.07, 6.45) is 0. The molecule has 1 aromatic heterocycles. The zero-order valence-corrected chi connectivity index (χ0v) is 13.4. The maximum atomic E-state index is 12.2. The predicted molar refractivity (Wildman–Crippen MR) is 88.3 cm³/mol. The molecule has 23 heavy (non-hydrogen) atoms. The minimum absolute atomic E-state index is 0.0528. The van der Waals surface area contributed by atoms with Crippen LogP contribution in [-0.4, -0.2) is 37.0 Å². The number of thiophene rings is 1. The molecule has 118 valence electrons. The lowest BCUT2D eigenvalue weighted by Crippen LogP contribution is -2.50. The predicted octanol–water partition coefficient (Wildman–Crippen LogP) is 2.17. The first-order chi connectivity index (χ1) is 11.3. The molecule has 0 bridgehead atoms. The van der Waals surface area contributed by atoms with E-state index in [4.69, 9.17) is 10.00 Å². The van der Waals surface area contributed by atoms with Gasteiger partial charge in [-0.05, 0) is 35.7 Å². The number of carbonyl (C=O) groups excluding carboxylic acids is 1. The van der Waals surface area contributed by atoms with Crippen LogP contribution in [0, 0.1) is 11.3 Å². The molecule has 0 spiro atoms. The first-order valence-electron chi connectivity index (χ1n) is 7.46. The van der Waals surface area contributed by atoms with Gasteiger partial charge >= 0.3 is 0 Å². The number of amides is 1. The topological polar surface area (TPSA) is 65.4 Å². The van der Waals surface area contributed by atoms with Crippen molar-refractivity contribution in [1.29, 1.82) is 5.26 Å². The molecule has 3 rings (SSSR count). The van der Waals surface area contributed by atoms with Gasteiger partial charge in [-0.2, -0.15) is 5.26 Å². The third kappa shape index (κ3) is 3.70. The zero-order valence-electron chi connectivity index (χ0n) is 12.6. The summed E-state index contributed by atoms with van der Waals surface area (Å²) >= 11 is 1.60. The van der Waals surface area contributed by atoms with Crippen LogP contribution in [0.15, 0.2) is 41.8 Å². The maximum absolute atomic E-state index is 12.2. The molecular weight excluding hydrogens is 310 g/mol. The van der Waals surface area contributed by atoms with Gasteiger partial charge in [0, 0.05) is 24.5 Å². The number of nitrogens with one attached hydrogen (secondary N) is 1. The third-order valence-corrected chi connectivity index (χ3v) is 4.68. The highest BCUT2D eigenvalue weighted by atomic mass is 32.1. The van der Waals surface area contributed by atoms with Crippen molar-refractivity contribution in [1.82, 2.24) is 10.2 Å². The van der Waals surface area contributed by atoms with Crippen molar-refractivity contribution >= 4 is 17.2 Å². The van der Waals surface area contributed by atoms with E-state index in [2.05, 4.69) is 16.3 Å². The molecule has 0 aliphatic carbocycles. The molecule has 0 unspecified atom stereocenters. The Morgan fingerprint density at radius 1 is 1.35 bits per heavy atom. The number of hydrogen-bond donors (Lipinski definition) is 1. The van der Waals surface area contributed by atoms with Crippen molar-refractivity contribution in [2.75, 3.05) is 26.2 Å². The van der Waals surface area contributed by atoms with E-state index in [0.29, 0.717) is 25.3 Å². The van der Waals surface area contributed by atoms with Crippen LogP contribution in [0.25, 0.3) is 0 Å². The summed E-state index contributed by atoms with van der Waals surface area (Å²) in [7, 11) is 0. The second kappa shape index (κ2) is 7.27. The molecule has 5 nitrogen and oxygen atoms in total. The SMILES string of the molecule is N#Cc1ccc(OCCN2CCNC(=O)[C@@H]2c2cccs2)cc1. The molecule has 2 aromatic rings. The van der Waals surface area contributed by atoms with E-state index in [0.717, 1.165) is 17.2 Å². The molecule has 0 radical (unpaired) electrons. The van der Waals surface area contributed by atoms with Gasteiger partial charge in [-0.25, -0.2) is 0 Å². The Hall–Kier alpha value is -2.36. The number of nitriles is 1. The van der Waals surface area contributed by atoms with Gasteiger partial charge in [-0.15, -0.1) is 11.3 Å². The molecule has 2 heterocycles. The second-order valence-electron chi connectivity index (χ2n) is 5.23. The fourth-order valence-corrected chi connectivity index (χ4v) is 3.47. The number of carbonyl (C=O) groups is 1. The lowest BCUT2D eigenvalue weighted by molar-refractivity contribution is -0.129. The van der Waals surface area contributed by atoms with E-state index in [9.17, 15) is 4.79 Å². The monoisotopic (exact) mass is 327 g/mol. The Morgan fingerprint density at radius 3 is 2.87 bits per heavy atom. The van der Waals surface area contributed by atoms with Crippen molar-refractivity contribution in [3.63, 3.8) is 0 Å². The fraction of sp³-hybridized carbons (Fsp3) is 0.294. The molecule has 1 aromatic carbocycles. The average molecular weight is 327 g/mol. The van der Waals surface area contributed by atoms with Crippen molar-refractivity contribution in [3.05, 3.63) is 52.2 Å².